The quantitative estimate of drug-likeness (QED) is 0.390. The number of likely N-dealkylation sites (tertiary alicyclic amines) is 1. The summed E-state index contributed by atoms with van der Waals surface area (Å²) in [5.74, 6) is -0.884. The van der Waals surface area contributed by atoms with E-state index in [-0.39, 0.29) is 18.4 Å². The highest BCUT2D eigenvalue weighted by atomic mass is 16.4. The van der Waals surface area contributed by atoms with E-state index in [1.807, 2.05) is 30.3 Å². The number of para-hydroxylation sites is 1. The molecule has 3 rings (SSSR count). The first-order chi connectivity index (χ1) is 14.9. The van der Waals surface area contributed by atoms with Gasteiger partial charge in [-0.25, -0.2) is 0 Å². The number of rotatable bonds is 10. The Kier molecular flexibility index (Phi) is 10.1. The highest BCUT2D eigenvalue weighted by molar-refractivity contribution is 5.89. The average Bonchev–Trinajstić information content (AvgIpc) is 3.37. The third-order valence-electron chi connectivity index (χ3n) is 5.63. The van der Waals surface area contributed by atoms with Gasteiger partial charge in [0.05, 0.1) is 12.5 Å². The Morgan fingerprint density at radius 3 is 2.58 bits per heavy atom. The second-order valence-corrected chi connectivity index (χ2v) is 8.14. The van der Waals surface area contributed by atoms with Crippen molar-refractivity contribution in [2.45, 2.75) is 57.9 Å². The molecule has 4 N–H and O–H groups in total. The number of nitrogens with zero attached hydrogens (tertiary/aromatic N) is 1. The first-order valence-corrected chi connectivity index (χ1v) is 11.2. The maximum atomic E-state index is 12.0. The second kappa shape index (κ2) is 12.8. The minimum atomic E-state index is -0.636. The lowest BCUT2D eigenvalue weighted by Crippen LogP contribution is -2.45. The monoisotopic (exact) mass is 429 g/mol. The maximum absolute atomic E-state index is 12.0. The van der Waals surface area contributed by atoms with Crippen molar-refractivity contribution in [2.75, 3.05) is 18.4 Å². The number of hydrogen-bond acceptors (Lipinski definition) is 4. The SMILES string of the molecule is CCCCC/C=C\C1CC1C(=O)O.NC(=O)C1CCCN1C(=O)CNc1ccccc1. The van der Waals surface area contributed by atoms with Crippen LogP contribution in [-0.2, 0) is 14.4 Å². The number of unbranched alkanes of at least 4 members (excludes halogenated alkanes) is 3. The van der Waals surface area contributed by atoms with Crippen LogP contribution in [0.1, 0.15) is 51.9 Å². The summed E-state index contributed by atoms with van der Waals surface area (Å²) < 4.78 is 0. The van der Waals surface area contributed by atoms with Crippen LogP contribution in [0.4, 0.5) is 5.69 Å². The van der Waals surface area contributed by atoms with Gasteiger partial charge in [-0.15, -0.1) is 0 Å². The zero-order valence-corrected chi connectivity index (χ0v) is 18.3. The van der Waals surface area contributed by atoms with Crippen LogP contribution in [0.15, 0.2) is 42.5 Å². The Balaban J connectivity index is 0.000000233. The van der Waals surface area contributed by atoms with Gasteiger partial charge in [0.1, 0.15) is 6.04 Å². The van der Waals surface area contributed by atoms with E-state index in [0.717, 1.165) is 24.9 Å². The molecule has 1 saturated heterocycles. The summed E-state index contributed by atoms with van der Waals surface area (Å²) in [5.41, 5.74) is 6.17. The van der Waals surface area contributed by atoms with E-state index in [2.05, 4.69) is 24.4 Å². The normalized spacial score (nSPS) is 22.0. The van der Waals surface area contributed by atoms with Crippen molar-refractivity contribution in [3.63, 3.8) is 0 Å². The van der Waals surface area contributed by atoms with Gasteiger partial charge in [-0.05, 0) is 50.2 Å². The molecule has 2 aliphatic rings. The fourth-order valence-electron chi connectivity index (χ4n) is 3.69. The maximum Gasteiger partial charge on any atom is 0.307 e. The minimum Gasteiger partial charge on any atom is -0.481 e. The summed E-state index contributed by atoms with van der Waals surface area (Å²) in [6.07, 6.45) is 11.4. The number of allylic oxidation sites excluding steroid dienone is 2. The number of carboxylic acid groups (broad SMARTS) is 1. The van der Waals surface area contributed by atoms with Crippen molar-refractivity contribution >= 4 is 23.5 Å². The number of anilines is 1. The number of primary amides is 1. The largest absolute Gasteiger partial charge is 0.481 e. The molecule has 3 atom stereocenters. The molecule has 170 valence electrons. The van der Waals surface area contributed by atoms with Gasteiger partial charge in [0.15, 0.2) is 0 Å². The molecule has 0 spiro atoms. The van der Waals surface area contributed by atoms with Crippen LogP contribution in [0.5, 0.6) is 0 Å². The molecule has 1 aromatic carbocycles. The molecule has 2 fully saturated rings. The lowest BCUT2D eigenvalue weighted by atomic mass is 10.2. The molecule has 1 aliphatic carbocycles. The van der Waals surface area contributed by atoms with Crippen molar-refractivity contribution in [3.05, 3.63) is 42.5 Å². The van der Waals surface area contributed by atoms with Gasteiger partial charge in [0, 0.05) is 12.2 Å². The van der Waals surface area contributed by atoms with E-state index < -0.39 is 17.9 Å². The molecular weight excluding hydrogens is 394 g/mol. The Morgan fingerprint density at radius 2 is 1.97 bits per heavy atom. The fraction of sp³-hybridized carbons (Fsp3) is 0.542. The molecule has 1 heterocycles. The van der Waals surface area contributed by atoms with Crippen molar-refractivity contribution in [3.8, 4) is 0 Å². The Labute approximate surface area is 184 Å². The summed E-state index contributed by atoms with van der Waals surface area (Å²) >= 11 is 0. The van der Waals surface area contributed by atoms with Gasteiger partial charge < -0.3 is 21.1 Å². The molecule has 3 unspecified atom stereocenters. The lowest BCUT2D eigenvalue weighted by molar-refractivity contribution is -0.138. The van der Waals surface area contributed by atoms with Gasteiger partial charge in [-0.2, -0.15) is 0 Å². The molecule has 2 amide bonds. The number of nitrogens with two attached hydrogens (primary N) is 1. The average molecular weight is 430 g/mol. The topological polar surface area (TPSA) is 113 Å². The van der Waals surface area contributed by atoms with Crippen LogP contribution >= 0.6 is 0 Å². The minimum absolute atomic E-state index is 0.0811. The number of carbonyl (C=O) groups excluding carboxylic acids is 2. The van der Waals surface area contributed by atoms with E-state index in [4.69, 9.17) is 10.8 Å². The Morgan fingerprint density at radius 1 is 1.23 bits per heavy atom. The number of amides is 2. The van der Waals surface area contributed by atoms with Crippen LogP contribution in [0.25, 0.3) is 0 Å². The first-order valence-electron chi connectivity index (χ1n) is 11.2. The first kappa shape index (κ1) is 24.4. The molecule has 0 radical (unpaired) electrons. The summed E-state index contributed by atoms with van der Waals surface area (Å²) in [5, 5.41) is 11.7. The fourth-order valence-corrected chi connectivity index (χ4v) is 3.69. The smallest absolute Gasteiger partial charge is 0.307 e. The van der Waals surface area contributed by atoms with Crippen molar-refractivity contribution in [1.29, 1.82) is 0 Å². The zero-order valence-electron chi connectivity index (χ0n) is 18.3. The standard InChI is InChI=1S/C13H17N3O2.C11H18O2/c14-13(18)11-7-4-8-16(11)12(17)9-15-10-5-2-1-3-6-10;1-2-3-4-5-6-7-9-8-10(9)11(12)13/h1-3,5-6,11,15H,4,7-9H2,(H2,14,18);6-7,9-10H,2-5,8H2,1H3,(H,12,13)/b;7-6-. The molecule has 31 heavy (non-hydrogen) atoms. The number of carboxylic acids is 1. The third kappa shape index (κ3) is 8.44. The summed E-state index contributed by atoms with van der Waals surface area (Å²) in [6, 6.07) is 9.06. The highest BCUT2D eigenvalue weighted by Crippen LogP contribution is 2.39. The predicted molar refractivity (Wildman–Crippen MR) is 121 cm³/mol. The molecule has 7 heteroatoms. The van der Waals surface area contributed by atoms with Gasteiger partial charge >= 0.3 is 5.97 Å². The highest BCUT2D eigenvalue weighted by Gasteiger charge is 2.40. The van der Waals surface area contributed by atoms with E-state index in [1.54, 1.807) is 4.90 Å². The molecule has 1 aliphatic heterocycles. The predicted octanol–water partition coefficient (Wildman–Crippen LogP) is 3.42. The van der Waals surface area contributed by atoms with Crippen molar-refractivity contribution < 1.29 is 19.5 Å². The number of carbonyl (C=O) groups is 3. The van der Waals surface area contributed by atoms with Crippen LogP contribution in [0.2, 0.25) is 0 Å². The van der Waals surface area contributed by atoms with Crippen LogP contribution in [0, 0.1) is 11.8 Å². The summed E-state index contributed by atoms with van der Waals surface area (Å²) in [4.78, 5) is 35.2. The van der Waals surface area contributed by atoms with Crippen LogP contribution in [-0.4, -0.2) is 46.9 Å². The van der Waals surface area contributed by atoms with Crippen LogP contribution < -0.4 is 11.1 Å². The van der Waals surface area contributed by atoms with E-state index in [9.17, 15) is 14.4 Å². The lowest BCUT2D eigenvalue weighted by Gasteiger charge is -2.22. The molecule has 0 aromatic heterocycles. The number of nitrogens with one attached hydrogen (secondary N) is 1. The van der Waals surface area contributed by atoms with Crippen molar-refractivity contribution in [1.82, 2.24) is 4.90 Å². The molecule has 1 saturated carbocycles. The number of aliphatic carboxylic acids is 1. The third-order valence-corrected chi connectivity index (χ3v) is 5.63. The zero-order chi connectivity index (χ0) is 22.6. The molecular formula is C24H35N3O4. The Bertz CT molecular complexity index is 750. The molecule has 0 bridgehead atoms. The van der Waals surface area contributed by atoms with E-state index >= 15 is 0 Å². The number of hydrogen-bond donors (Lipinski definition) is 3. The summed E-state index contributed by atoms with van der Waals surface area (Å²) in [7, 11) is 0. The Hall–Kier alpha value is -2.83. The van der Waals surface area contributed by atoms with Gasteiger partial charge in [0.2, 0.25) is 11.8 Å². The summed E-state index contributed by atoms with van der Waals surface area (Å²) in [6.45, 7) is 2.99. The second-order valence-electron chi connectivity index (χ2n) is 8.14. The van der Waals surface area contributed by atoms with Gasteiger partial charge in [0.25, 0.3) is 0 Å². The number of benzene rings is 1. The van der Waals surface area contributed by atoms with Crippen molar-refractivity contribution in [2.24, 2.45) is 17.6 Å². The molecule has 1 aromatic rings. The van der Waals surface area contributed by atoms with Gasteiger partial charge in [-0.1, -0.05) is 50.1 Å². The van der Waals surface area contributed by atoms with E-state index in [1.165, 1.54) is 19.3 Å². The molecule has 7 nitrogen and oxygen atoms in total. The van der Waals surface area contributed by atoms with E-state index in [0.29, 0.717) is 18.9 Å². The van der Waals surface area contributed by atoms with Crippen LogP contribution in [0.3, 0.4) is 0 Å². The van der Waals surface area contributed by atoms with Gasteiger partial charge in [-0.3, -0.25) is 14.4 Å².